The van der Waals surface area contributed by atoms with Crippen molar-refractivity contribution in [2.45, 2.75) is 32.9 Å². The molecule has 1 aliphatic heterocycles. The highest BCUT2D eigenvalue weighted by Gasteiger charge is 2.31. The molecule has 2 heterocycles. The standard InChI is InChI=1S/C19H25N5O2S2/c1-14-18(15(2)24(22-14)17-9-10-28(25,26)13-17)12-21-23(3)19(27)20-11-16-7-5-4-6-8-16/h4-8,12,17H,9-11,13H2,1-3H3,(H,20,27)/b21-12-/t17-/m0/s1. The highest BCUT2D eigenvalue weighted by molar-refractivity contribution is 7.91. The van der Waals surface area contributed by atoms with Crippen LogP contribution in [0.3, 0.4) is 0 Å². The third-order valence-corrected chi connectivity index (χ3v) is 7.03. The van der Waals surface area contributed by atoms with Crippen LogP contribution in [0.1, 0.15) is 35.0 Å². The fraction of sp³-hybridized carbons (Fsp3) is 0.421. The number of benzene rings is 1. The molecule has 0 radical (unpaired) electrons. The van der Waals surface area contributed by atoms with E-state index in [1.54, 1.807) is 18.3 Å². The molecule has 150 valence electrons. The Bertz CT molecular complexity index is 983. The number of thiocarbonyl (C=S) groups is 1. The molecule has 1 aromatic heterocycles. The average Bonchev–Trinajstić information content (AvgIpc) is 3.17. The van der Waals surface area contributed by atoms with Gasteiger partial charge >= 0.3 is 0 Å². The monoisotopic (exact) mass is 419 g/mol. The summed E-state index contributed by atoms with van der Waals surface area (Å²) in [4.78, 5) is 0. The Balaban J connectivity index is 1.65. The van der Waals surface area contributed by atoms with E-state index in [4.69, 9.17) is 12.2 Å². The van der Waals surface area contributed by atoms with Gasteiger partial charge in [0.2, 0.25) is 0 Å². The Labute approximate surface area is 171 Å². The van der Waals surface area contributed by atoms with Crippen LogP contribution in [0, 0.1) is 13.8 Å². The van der Waals surface area contributed by atoms with Crippen LogP contribution in [0.15, 0.2) is 35.4 Å². The normalized spacial score (nSPS) is 18.5. The predicted octanol–water partition coefficient (Wildman–Crippen LogP) is 2.20. The van der Waals surface area contributed by atoms with Gasteiger partial charge in [0.05, 0.1) is 29.5 Å². The molecule has 1 aliphatic rings. The lowest BCUT2D eigenvalue weighted by molar-refractivity contribution is 0.486. The van der Waals surface area contributed by atoms with Gasteiger partial charge in [-0.2, -0.15) is 10.2 Å². The second-order valence-electron chi connectivity index (χ2n) is 7.00. The molecular formula is C19H25N5O2S2. The quantitative estimate of drug-likeness (QED) is 0.455. The van der Waals surface area contributed by atoms with Gasteiger partial charge in [-0.05, 0) is 38.0 Å². The summed E-state index contributed by atoms with van der Waals surface area (Å²) in [6, 6.07) is 9.91. The van der Waals surface area contributed by atoms with Crippen molar-refractivity contribution in [2.24, 2.45) is 5.10 Å². The average molecular weight is 420 g/mol. The van der Waals surface area contributed by atoms with Gasteiger partial charge in [0.1, 0.15) is 0 Å². The van der Waals surface area contributed by atoms with Gasteiger partial charge in [-0.3, -0.25) is 4.68 Å². The first kappa shape index (κ1) is 20.5. The molecule has 1 aromatic carbocycles. The second kappa shape index (κ2) is 8.40. The zero-order valence-corrected chi connectivity index (χ0v) is 17.9. The Morgan fingerprint density at radius 2 is 2.11 bits per heavy atom. The van der Waals surface area contributed by atoms with E-state index in [2.05, 4.69) is 15.5 Å². The Kier molecular flexibility index (Phi) is 6.14. The third kappa shape index (κ3) is 4.77. The molecule has 0 aliphatic carbocycles. The van der Waals surface area contributed by atoms with Crippen LogP contribution in [-0.2, 0) is 16.4 Å². The van der Waals surface area contributed by atoms with Crippen LogP contribution < -0.4 is 5.32 Å². The van der Waals surface area contributed by atoms with Gasteiger partial charge in [-0.15, -0.1) is 0 Å². The van der Waals surface area contributed by atoms with Gasteiger partial charge in [-0.1, -0.05) is 30.3 Å². The van der Waals surface area contributed by atoms with Crippen LogP contribution in [0.4, 0.5) is 0 Å². The smallest absolute Gasteiger partial charge is 0.189 e. The lowest BCUT2D eigenvalue weighted by Gasteiger charge is -2.15. The van der Waals surface area contributed by atoms with Gasteiger partial charge in [0, 0.05) is 24.8 Å². The fourth-order valence-electron chi connectivity index (χ4n) is 3.27. The van der Waals surface area contributed by atoms with Crippen molar-refractivity contribution in [1.82, 2.24) is 20.1 Å². The van der Waals surface area contributed by atoms with Crippen LogP contribution in [0.2, 0.25) is 0 Å². The van der Waals surface area contributed by atoms with Gasteiger partial charge in [0.25, 0.3) is 0 Å². The second-order valence-corrected chi connectivity index (χ2v) is 9.61. The van der Waals surface area contributed by atoms with Crippen molar-refractivity contribution >= 4 is 33.4 Å². The zero-order valence-electron chi connectivity index (χ0n) is 16.3. The Hall–Kier alpha value is -2.26. The molecule has 9 heteroatoms. The molecule has 28 heavy (non-hydrogen) atoms. The minimum atomic E-state index is -2.96. The SMILES string of the molecule is Cc1nn([C@H]2CCS(=O)(=O)C2)c(C)c1/C=N\N(C)C(=S)NCc1ccccc1. The molecule has 0 spiro atoms. The summed E-state index contributed by atoms with van der Waals surface area (Å²) in [6.45, 7) is 4.48. The first-order valence-electron chi connectivity index (χ1n) is 9.12. The number of hydrazone groups is 1. The summed E-state index contributed by atoms with van der Waals surface area (Å²) in [5, 5.41) is 14.3. The van der Waals surface area contributed by atoms with Crippen molar-refractivity contribution in [3.8, 4) is 0 Å². The highest BCUT2D eigenvalue weighted by atomic mass is 32.2. The lowest BCUT2D eigenvalue weighted by atomic mass is 10.2. The minimum Gasteiger partial charge on any atom is -0.357 e. The molecule has 0 amide bonds. The van der Waals surface area contributed by atoms with Gasteiger partial charge < -0.3 is 5.32 Å². The van der Waals surface area contributed by atoms with Gasteiger partial charge in [0.15, 0.2) is 14.9 Å². The van der Waals surface area contributed by atoms with Crippen LogP contribution in [0.5, 0.6) is 0 Å². The van der Waals surface area contributed by atoms with E-state index in [0.717, 1.165) is 22.5 Å². The van der Waals surface area contributed by atoms with E-state index in [9.17, 15) is 8.42 Å². The number of nitrogens with one attached hydrogen (secondary N) is 1. The Morgan fingerprint density at radius 3 is 2.75 bits per heavy atom. The number of aromatic nitrogens is 2. The maximum absolute atomic E-state index is 11.8. The van der Waals surface area contributed by atoms with Crippen molar-refractivity contribution in [3.63, 3.8) is 0 Å². The van der Waals surface area contributed by atoms with Crippen molar-refractivity contribution < 1.29 is 8.42 Å². The van der Waals surface area contributed by atoms with E-state index in [0.29, 0.717) is 18.1 Å². The molecule has 0 saturated carbocycles. The van der Waals surface area contributed by atoms with E-state index < -0.39 is 9.84 Å². The molecular weight excluding hydrogens is 394 g/mol. The Morgan fingerprint density at radius 1 is 1.39 bits per heavy atom. The number of sulfone groups is 1. The van der Waals surface area contributed by atoms with Crippen molar-refractivity contribution in [3.05, 3.63) is 52.8 Å². The zero-order chi connectivity index (χ0) is 20.3. The number of rotatable bonds is 5. The van der Waals surface area contributed by atoms with Crippen LogP contribution >= 0.6 is 12.2 Å². The molecule has 1 fully saturated rings. The molecule has 3 rings (SSSR count). The summed E-state index contributed by atoms with van der Waals surface area (Å²) in [5.74, 6) is 0.377. The largest absolute Gasteiger partial charge is 0.357 e. The summed E-state index contributed by atoms with van der Waals surface area (Å²) in [5.41, 5.74) is 3.77. The van der Waals surface area contributed by atoms with Crippen LogP contribution in [-0.4, -0.2) is 53.1 Å². The molecule has 0 unspecified atom stereocenters. The van der Waals surface area contributed by atoms with Crippen molar-refractivity contribution in [2.75, 3.05) is 18.6 Å². The maximum atomic E-state index is 11.8. The highest BCUT2D eigenvalue weighted by Crippen LogP contribution is 2.26. The van der Waals surface area contributed by atoms with E-state index >= 15 is 0 Å². The topological polar surface area (TPSA) is 79.6 Å². The predicted molar refractivity (Wildman–Crippen MR) is 115 cm³/mol. The van der Waals surface area contributed by atoms with Crippen LogP contribution in [0.25, 0.3) is 0 Å². The number of nitrogens with zero attached hydrogens (tertiary/aromatic N) is 4. The number of aryl methyl sites for hydroxylation is 1. The van der Waals surface area contributed by atoms with E-state index in [-0.39, 0.29) is 17.5 Å². The van der Waals surface area contributed by atoms with Gasteiger partial charge in [-0.25, -0.2) is 13.4 Å². The lowest BCUT2D eigenvalue weighted by Crippen LogP contribution is -2.33. The minimum absolute atomic E-state index is 0.0998. The fourth-order valence-corrected chi connectivity index (χ4v) is 5.08. The first-order valence-corrected chi connectivity index (χ1v) is 11.4. The number of hydrogen-bond donors (Lipinski definition) is 1. The number of hydrogen-bond acceptors (Lipinski definition) is 5. The summed E-state index contributed by atoms with van der Waals surface area (Å²) in [7, 11) is -1.17. The first-order chi connectivity index (χ1) is 13.3. The molecule has 1 N–H and O–H groups in total. The molecule has 0 bridgehead atoms. The van der Waals surface area contributed by atoms with E-state index in [1.807, 2.05) is 48.9 Å². The third-order valence-electron chi connectivity index (χ3n) is 4.88. The molecule has 1 saturated heterocycles. The molecule has 2 aromatic rings. The maximum Gasteiger partial charge on any atom is 0.189 e. The van der Waals surface area contributed by atoms with Crippen molar-refractivity contribution in [1.29, 1.82) is 0 Å². The summed E-state index contributed by atoms with van der Waals surface area (Å²) >= 11 is 5.39. The summed E-state index contributed by atoms with van der Waals surface area (Å²) < 4.78 is 25.4. The molecule has 7 nitrogen and oxygen atoms in total. The van der Waals surface area contributed by atoms with E-state index in [1.165, 1.54) is 0 Å². The summed E-state index contributed by atoms with van der Waals surface area (Å²) in [6.07, 6.45) is 2.34. The molecule has 1 atom stereocenters.